The molecule has 0 aliphatic heterocycles. The highest BCUT2D eigenvalue weighted by Gasteiger charge is 2.29. The molecule has 218 valence electrons. The number of likely N-dealkylation sites (N-methyl/N-ethyl adjacent to an activating group) is 1. The van der Waals surface area contributed by atoms with Gasteiger partial charge in [-0.1, -0.05) is 18.3 Å². The maximum atomic E-state index is 12.9. The summed E-state index contributed by atoms with van der Waals surface area (Å²) < 4.78 is 11.3. The zero-order chi connectivity index (χ0) is 30.2. The Hall–Kier alpha value is -4.31. The number of aromatic nitrogens is 2. The van der Waals surface area contributed by atoms with Crippen LogP contribution in [-0.4, -0.2) is 57.7 Å². The van der Waals surface area contributed by atoms with Gasteiger partial charge in [-0.05, 0) is 85.1 Å². The number of nitriles is 1. The first-order chi connectivity index (χ1) is 19.3. The Morgan fingerprint density at radius 1 is 1.15 bits per heavy atom. The Bertz CT molecular complexity index is 1320. The van der Waals surface area contributed by atoms with Gasteiger partial charge in [0.1, 0.15) is 17.2 Å². The Kier molecular flexibility index (Phi) is 10.5. The smallest absolute Gasteiger partial charge is 0.410 e. The van der Waals surface area contributed by atoms with E-state index in [4.69, 9.17) is 14.7 Å². The van der Waals surface area contributed by atoms with E-state index in [-0.39, 0.29) is 24.0 Å². The van der Waals surface area contributed by atoms with Crippen molar-refractivity contribution in [2.45, 2.75) is 91.0 Å². The quantitative estimate of drug-likeness (QED) is 0.444. The van der Waals surface area contributed by atoms with Crippen LogP contribution >= 0.6 is 0 Å². The molecular formula is C31H40N6O4. The molecule has 3 atom stereocenters. The summed E-state index contributed by atoms with van der Waals surface area (Å²) in [7, 11) is 1.57. The minimum Gasteiger partial charge on any atom is -0.474 e. The van der Waals surface area contributed by atoms with Crippen molar-refractivity contribution in [2.24, 2.45) is 5.92 Å². The molecule has 1 saturated carbocycles. The van der Waals surface area contributed by atoms with Crippen molar-refractivity contribution in [3.05, 3.63) is 41.6 Å². The van der Waals surface area contributed by atoms with E-state index in [1.807, 2.05) is 13.8 Å². The van der Waals surface area contributed by atoms with E-state index in [1.165, 1.54) is 4.90 Å². The normalized spacial score (nSPS) is 17.3. The number of hydrogen-bond acceptors (Lipinski definition) is 8. The summed E-state index contributed by atoms with van der Waals surface area (Å²) in [5, 5.41) is 15.2. The molecule has 2 N–H and O–H groups in total. The zero-order valence-electron chi connectivity index (χ0n) is 24.9. The zero-order valence-corrected chi connectivity index (χ0v) is 24.9. The Balaban J connectivity index is 1.65. The van der Waals surface area contributed by atoms with Gasteiger partial charge >= 0.3 is 6.09 Å². The molecule has 1 aromatic carbocycles. The number of ether oxygens (including phenoxy) is 2. The molecule has 0 saturated heterocycles. The highest BCUT2D eigenvalue weighted by molar-refractivity contribution is 5.85. The van der Waals surface area contributed by atoms with Gasteiger partial charge in [0.15, 0.2) is 0 Å². The monoisotopic (exact) mass is 560 g/mol. The SMILES string of the molecule is CC(C)Oc1nc(Nc2ccc(C#N)cc2)ncc1C#C[C@@H]1CCC[C@H](NC(=O)[C@H](C)N(C)C(=O)OC(C)(C)C)C1. The number of anilines is 2. The van der Waals surface area contributed by atoms with Crippen molar-refractivity contribution >= 4 is 23.6 Å². The summed E-state index contributed by atoms with van der Waals surface area (Å²) in [5.41, 5.74) is 1.27. The molecule has 2 amide bonds. The van der Waals surface area contributed by atoms with Gasteiger partial charge in [-0.25, -0.2) is 9.78 Å². The van der Waals surface area contributed by atoms with Crippen LogP contribution in [0.5, 0.6) is 5.88 Å². The summed E-state index contributed by atoms with van der Waals surface area (Å²) in [4.78, 5) is 35.5. The second-order valence-electron chi connectivity index (χ2n) is 11.5. The van der Waals surface area contributed by atoms with Gasteiger partial charge in [-0.2, -0.15) is 10.2 Å². The summed E-state index contributed by atoms with van der Waals surface area (Å²) in [6.07, 6.45) is 4.41. The number of hydrogen-bond donors (Lipinski definition) is 2. The van der Waals surface area contributed by atoms with E-state index in [1.54, 1.807) is 65.2 Å². The van der Waals surface area contributed by atoms with Crippen LogP contribution in [0.3, 0.4) is 0 Å². The van der Waals surface area contributed by atoms with E-state index in [9.17, 15) is 9.59 Å². The van der Waals surface area contributed by atoms with Gasteiger partial charge in [-0.15, -0.1) is 0 Å². The molecule has 1 aromatic heterocycles. The third-order valence-electron chi connectivity index (χ3n) is 6.44. The predicted molar refractivity (Wildman–Crippen MR) is 156 cm³/mol. The van der Waals surface area contributed by atoms with Crippen molar-refractivity contribution in [2.75, 3.05) is 12.4 Å². The first-order valence-electron chi connectivity index (χ1n) is 13.9. The summed E-state index contributed by atoms with van der Waals surface area (Å²) >= 11 is 0. The Morgan fingerprint density at radius 3 is 2.49 bits per heavy atom. The van der Waals surface area contributed by atoms with Crippen LogP contribution in [0.4, 0.5) is 16.4 Å². The lowest BCUT2D eigenvalue weighted by Crippen LogP contribution is -2.50. The number of nitrogens with zero attached hydrogens (tertiary/aromatic N) is 4. The minimum atomic E-state index is -0.666. The molecule has 1 aliphatic carbocycles. The lowest BCUT2D eigenvalue weighted by atomic mass is 9.86. The van der Waals surface area contributed by atoms with Crippen LogP contribution in [0, 0.1) is 29.1 Å². The third-order valence-corrected chi connectivity index (χ3v) is 6.44. The number of amides is 2. The van der Waals surface area contributed by atoms with E-state index >= 15 is 0 Å². The topological polar surface area (TPSA) is 129 Å². The first kappa shape index (κ1) is 31.2. The van der Waals surface area contributed by atoms with Crippen LogP contribution < -0.4 is 15.4 Å². The van der Waals surface area contributed by atoms with Crippen LogP contribution in [0.25, 0.3) is 0 Å². The second-order valence-corrected chi connectivity index (χ2v) is 11.5. The van der Waals surface area contributed by atoms with Crippen LogP contribution in [-0.2, 0) is 9.53 Å². The van der Waals surface area contributed by atoms with Crippen molar-refractivity contribution in [3.63, 3.8) is 0 Å². The summed E-state index contributed by atoms with van der Waals surface area (Å²) in [6.45, 7) is 10.9. The molecule has 1 fully saturated rings. The maximum absolute atomic E-state index is 12.9. The highest BCUT2D eigenvalue weighted by Crippen LogP contribution is 2.25. The largest absolute Gasteiger partial charge is 0.474 e. The fourth-order valence-electron chi connectivity index (χ4n) is 4.20. The maximum Gasteiger partial charge on any atom is 0.410 e. The molecule has 10 nitrogen and oxygen atoms in total. The first-order valence-corrected chi connectivity index (χ1v) is 13.9. The Morgan fingerprint density at radius 2 is 1.85 bits per heavy atom. The number of benzene rings is 1. The van der Waals surface area contributed by atoms with Crippen LogP contribution in [0.15, 0.2) is 30.5 Å². The molecule has 0 bridgehead atoms. The average molecular weight is 561 g/mol. The summed E-state index contributed by atoms with van der Waals surface area (Å²) in [5.74, 6) is 7.15. The second kappa shape index (κ2) is 13.8. The van der Waals surface area contributed by atoms with Crippen molar-refractivity contribution < 1.29 is 19.1 Å². The van der Waals surface area contributed by atoms with Crippen molar-refractivity contribution in [1.29, 1.82) is 5.26 Å². The number of nitrogens with one attached hydrogen (secondary N) is 2. The standard InChI is InChI=1S/C31H40N6O4/c1-20(2)40-28-24(19-33-29(36-28)35-25-15-12-23(18-32)13-16-25)14-11-22-9-8-10-26(17-22)34-27(38)21(3)37(7)30(39)41-31(4,5)6/h12-13,15-16,19-22,26H,8-10,17H2,1-7H3,(H,34,38)(H,33,35,36)/t21-,22-,26-/m0/s1. The molecule has 10 heteroatoms. The summed E-state index contributed by atoms with van der Waals surface area (Å²) in [6, 6.07) is 8.40. The minimum absolute atomic E-state index is 0.0355. The van der Waals surface area contributed by atoms with Gasteiger partial charge in [0.2, 0.25) is 17.7 Å². The number of rotatable bonds is 7. The predicted octanol–water partition coefficient (Wildman–Crippen LogP) is 5.16. The lowest BCUT2D eigenvalue weighted by Gasteiger charge is -2.31. The molecule has 2 aromatic rings. The number of carbonyl (C=O) groups is 2. The molecule has 1 aliphatic rings. The number of carbonyl (C=O) groups excluding carboxylic acids is 2. The van der Waals surface area contributed by atoms with Gasteiger partial charge in [0, 0.05) is 24.7 Å². The molecule has 41 heavy (non-hydrogen) atoms. The van der Waals surface area contributed by atoms with Gasteiger partial charge in [-0.3, -0.25) is 9.69 Å². The van der Waals surface area contributed by atoms with E-state index in [0.717, 1.165) is 24.9 Å². The average Bonchev–Trinajstić information content (AvgIpc) is 2.91. The molecule has 3 rings (SSSR count). The van der Waals surface area contributed by atoms with Gasteiger partial charge in [0.05, 0.1) is 23.9 Å². The molecular weight excluding hydrogens is 520 g/mol. The highest BCUT2D eigenvalue weighted by atomic mass is 16.6. The van der Waals surface area contributed by atoms with Gasteiger partial charge in [0.25, 0.3) is 0 Å². The van der Waals surface area contributed by atoms with Crippen LogP contribution in [0.2, 0.25) is 0 Å². The molecule has 1 heterocycles. The molecule has 0 radical (unpaired) electrons. The molecule has 0 spiro atoms. The van der Waals surface area contributed by atoms with Crippen molar-refractivity contribution in [1.82, 2.24) is 20.2 Å². The fraction of sp³-hybridized carbons (Fsp3) is 0.516. The Labute approximate surface area is 242 Å². The van der Waals surface area contributed by atoms with E-state index in [0.29, 0.717) is 29.4 Å². The fourth-order valence-corrected chi connectivity index (χ4v) is 4.20. The third kappa shape index (κ3) is 9.68. The van der Waals surface area contributed by atoms with E-state index < -0.39 is 17.7 Å². The van der Waals surface area contributed by atoms with E-state index in [2.05, 4.69) is 38.5 Å². The van der Waals surface area contributed by atoms with Crippen LogP contribution in [0.1, 0.15) is 78.4 Å². The van der Waals surface area contributed by atoms with Gasteiger partial charge < -0.3 is 20.1 Å². The molecule has 0 unspecified atom stereocenters. The lowest BCUT2D eigenvalue weighted by molar-refractivity contribution is -0.126. The van der Waals surface area contributed by atoms with Crippen molar-refractivity contribution in [3.8, 4) is 23.8 Å².